The highest BCUT2D eigenvalue weighted by atomic mass is 35.5. The van der Waals surface area contributed by atoms with Crippen LogP contribution in [-0.2, 0) is 11.2 Å². The van der Waals surface area contributed by atoms with Crippen LogP contribution in [0.2, 0.25) is 10.0 Å². The number of nitrogens with zero attached hydrogens (tertiary/aromatic N) is 1. The van der Waals surface area contributed by atoms with E-state index in [1.165, 1.54) is 0 Å². The Bertz CT molecular complexity index is 940. The van der Waals surface area contributed by atoms with Gasteiger partial charge in [-0.2, -0.15) is 0 Å². The molecule has 3 rings (SSSR count). The topological polar surface area (TPSA) is 48.4 Å². The van der Waals surface area contributed by atoms with E-state index in [9.17, 15) is 4.79 Å². The SMILES string of the molecule is COc1ccc(CC(=O)Oc2c(Cl)cc(Cl)c3ccc(C)nc23)cc1. The average Bonchev–Trinajstić information content (AvgIpc) is 2.59. The van der Waals surface area contributed by atoms with E-state index in [1.807, 2.05) is 31.2 Å². The first-order valence-corrected chi connectivity index (χ1v) is 8.32. The standard InChI is InChI=1S/C19H15Cl2NO3/c1-11-3-8-14-15(20)10-16(21)19(18(14)22-11)25-17(23)9-12-4-6-13(24-2)7-5-12/h3-8,10H,9H2,1-2H3. The Morgan fingerprint density at radius 2 is 1.80 bits per heavy atom. The predicted molar refractivity (Wildman–Crippen MR) is 98.8 cm³/mol. The summed E-state index contributed by atoms with van der Waals surface area (Å²) in [5.74, 6) is 0.519. The van der Waals surface area contributed by atoms with Gasteiger partial charge in [-0.15, -0.1) is 0 Å². The van der Waals surface area contributed by atoms with Gasteiger partial charge in [-0.3, -0.25) is 4.79 Å². The minimum Gasteiger partial charge on any atom is -0.497 e. The van der Waals surface area contributed by atoms with Crippen molar-refractivity contribution in [3.63, 3.8) is 0 Å². The van der Waals surface area contributed by atoms with Gasteiger partial charge in [0.1, 0.15) is 11.3 Å². The van der Waals surface area contributed by atoms with E-state index >= 15 is 0 Å². The molecule has 0 radical (unpaired) electrons. The third-order valence-electron chi connectivity index (χ3n) is 3.70. The molecule has 6 heteroatoms. The molecule has 0 bridgehead atoms. The molecule has 0 saturated carbocycles. The molecular formula is C19H15Cl2NO3. The number of methoxy groups -OCH3 is 1. The number of halogens is 2. The minimum absolute atomic E-state index is 0.107. The Morgan fingerprint density at radius 3 is 2.48 bits per heavy atom. The van der Waals surface area contributed by atoms with Gasteiger partial charge in [0.25, 0.3) is 0 Å². The Hall–Kier alpha value is -2.30. The summed E-state index contributed by atoms with van der Waals surface area (Å²) in [5.41, 5.74) is 2.06. The van der Waals surface area contributed by atoms with Crippen LogP contribution >= 0.6 is 23.2 Å². The van der Waals surface area contributed by atoms with Crippen LogP contribution in [0.3, 0.4) is 0 Å². The number of esters is 1. The molecule has 0 fully saturated rings. The van der Waals surface area contributed by atoms with Crippen LogP contribution in [0, 0.1) is 6.92 Å². The number of aryl methyl sites for hydroxylation is 1. The van der Waals surface area contributed by atoms with E-state index in [0.717, 1.165) is 17.0 Å². The lowest BCUT2D eigenvalue weighted by Gasteiger charge is -2.11. The van der Waals surface area contributed by atoms with Crippen molar-refractivity contribution in [1.82, 2.24) is 4.98 Å². The normalized spacial score (nSPS) is 10.7. The fourth-order valence-corrected chi connectivity index (χ4v) is 3.00. The third-order valence-corrected chi connectivity index (χ3v) is 4.29. The van der Waals surface area contributed by atoms with Gasteiger partial charge >= 0.3 is 5.97 Å². The fourth-order valence-electron chi connectivity index (χ4n) is 2.45. The predicted octanol–water partition coefficient (Wildman–Crippen LogP) is 5.01. The second-order valence-corrected chi connectivity index (χ2v) is 6.33. The number of pyridine rings is 1. The summed E-state index contributed by atoms with van der Waals surface area (Å²) in [5, 5.41) is 1.39. The maximum atomic E-state index is 12.3. The first-order valence-electron chi connectivity index (χ1n) is 7.57. The van der Waals surface area contributed by atoms with Gasteiger partial charge in [0.15, 0.2) is 5.75 Å². The third kappa shape index (κ3) is 3.86. The molecule has 0 aliphatic carbocycles. The summed E-state index contributed by atoms with van der Waals surface area (Å²) >= 11 is 12.4. The van der Waals surface area contributed by atoms with Crippen molar-refractivity contribution in [2.24, 2.45) is 0 Å². The maximum Gasteiger partial charge on any atom is 0.315 e. The lowest BCUT2D eigenvalue weighted by atomic mass is 10.1. The van der Waals surface area contributed by atoms with Gasteiger partial charge in [0.05, 0.1) is 23.6 Å². The van der Waals surface area contributed by atoms with Gasteiger partial charge < -0.3 is 9.47 Å². The second-order valence-electron chi connectivity index (χ2n) is 5.52. The molecule has 0 aliphatic heterocycles. The molecule has 0 N–H and O–H groups in total. The van der Waals surface area contributed by atoms with Gasteiger partial charge in [-0.25, -0.2) is 4.98 Å². The van der Waals surface area contributed by atoms with Crippen LogP contribution in [0.5, 0.6) is 11.5 Å². The first kappa shape index (κ1) is 17.5. The van der Waals surface area contributed by atoms with Crippen molar-refractivity contribution in [2.45, 2.75) is 13.3 Å². The van der Waals surface area contributed by atoms with Crippen molar-refractivity contribution >= 4 is 40.1 Å². The van der Waals surface area contributed by atoms with Gasteiger partial charge in [0.2, 0.25) is 0 Å². The molecule has 128 valence electrons. The van der Waals surface area contributed by atoms with Crippen LogP contribution in [-0.4, -0.2) is 18.1 Å². The molecule has 0 unspecified atom stereocenters. The molecule has 25 heavy (non-hydrogen) atoms. The zero-order valence-electron chi connectivity index (χ0n) is 13.7. The quantitative estimate of drug-likeness (QED) is 0.475. The van der Waals surface area contributed by atoms with Crippen LogP contribution < -0.4 is 9.47 Å². The number of aromatic nitrogens is 1. The molecule has 3 aromatic rings. The first-order chi connectivity index (χ1) is 12.0. The lowest BCUT2D eigenvalue weighted by molar-refractivity contribution is -0.133. The van der Waals surface area contributed by atoms with E-state index in [2.05, 4.69) is 4.98 Å². The molecular weight excluding hydrogens is 361 g/mol. The van der Waals surface area contributed by atoms with E-state index in [4.69, 9.17) is 32.7 Å². The molecule has 0 spiro atoms. The number of benzene rings is 2. The zero-order valence-corrected chi connectivity index (χ0v) is 15.2. The van der Waals surface area contributed by atoms with Crippen LogP contribution in [0.4, 0.5) is 0 Å². The number of rotatable bonds is 4. The Balaban J connectivity index is 1.88. The summed E-state index contributed by atoms with van der Waals surface area (Å²) < 4.78 is 10.6. The summed E-state index contributed by atoms with van der Waals surface area (Å²) in [7, 11) is 1.59. The molecule has 1 heterocycles. The molecule has 4 nitrogen and oxygen atoms in total. The summed E-state index contributed by atoms with van der Waals surface area (Å²) in [6.45, 7) is 1.84. The minimum atomic E-state index is -0.431. The van der Waals surface area contributed by atoms with Crippen molar-refractivity contribution in [3.05, 3.63) is 63.8 Å². The molecule has 0 amide bonds. The monoisotopic (exact) mass is 375 g/mol. The highest BCUT2D eigenvalue weighted by Crippen LogP contribution is 2.37. The second kappa shape index (κ2) is 7.30. The van der Waals surface area contributed by atoms with Crippen LogP contribution in [0.15, 0.2) is 42.5 Å². The van der Waals surface area contributed by atoms with Crippen molar-refractivity contribution in [2.75, 3.05) is 7.11 Å². The Kier molecular flexibility index (Phi) is 5.11. The number of ether oxygens (including phenoxy) is 2. The Morgan fingerprint density at radius 1 is 1.08 bits per heavy atom. The largest absolute Gasteiger partial charge is 0.497 e. The van der Waals surface area contributed by atoms with Gasteiger partial charge in [0, 0.05) is 11.1 Å². The van der Waals surface area contributed by atoms with Gasteiger partial charge in [-0.05, 0) is 42.8 Å². The molecule has 2 aromatic carbocycles. The van der Waals surface area contributed by atoms with E-state index < -0.39 is 5.97 Å². The highest BCUT2D eigenvalue weighted by Gasteiger charge is 2.17. The number of hydrogen-bond donors (Lipinski definition) is 0. The van der Waals surface area contributed by atoms with Crippen LogP contribution in [0.25, 0.3) is 10.9 Å². The molecule has 1 aromatic heterocycles. The summed E-state index contributed by atoms with van der Waals surface area (Å²) in [6.07, 6.45) is 0.107. The number of carbonyl (C=O) groups excluding carboxylic acids is 1. The summed E-state index contributed by atoms with van der Waals surface area (Å²) in [6, 6.07) is 12.4. The van der Waals surface area contributed by atoms with Crippen molar-refractivity contribution in [3.8, 4) is 11.5 Å². The number of carbonyl (C=O) groups is 1. The van der Waals surface area contributed by atoms with E-state index in [1.54, 1.807) is 25.3 Å². The van der Waals surface area contributed by atoms with E-state index in [0.29, 0.717) is 15.9 Å². The maximum absolute atomic E-state index is 12.3. The highest BCUT2D eigenvalue weighted by molar-refractivity contribution is 6.39. The van der Waals surface area contributed by atoms with Crippen molar-refractivity contribution in [1.29, 1.82) is 0 Å². The number of hydrogen-bond acceptors (Lipinski definition) is 4. The Labute approximate surface area is 155 Å². The molecule has 0 atom stereocenters. The zero-order chi connectivity index (χ0) is 18.0. The lowest BCUT2D eigenvalue weighted by Crippen LogP contribution is -2.12. The molecule has 0 aliphatic rings. The average molecular weight is 376 g/mol. The molecule has 0 saturated heterocycles. The van der Waals surface area contributed by atoms with Gasteiger partial charge in [-0.1, -0.05) is 35.3 Å². The van der Waals surface area contributed by atoms with Crippen molar-refractivity contribution < 1.29 is 14.3 Å². The summed E-state index contributed by atoms with van der Waals surface area (Å²) in [4.78, 5) is 16.7. The van der Waals surface area contributed by atoms with E-state index in [-0.39, 0.29) is 17.2 Å². The fraction of sp³-hybridized carbons (Fsp3) is 0.158. The number of fused-ring (bicyclic) bond motifs is 1. The smallest absolute Gasteiger partial charge is 0.315 e. The van der Waals surface area contributed by atoms with Crippen LogP contribution in [0.1, 0.15) is 11.3 Å².